The molecule has 1 N–H and O–H groups in total. The maximum atomic E-state index is 13.2. The van der Waals surface area contributed by atoms with Crippen LogP contribution in [-0.2, 0) is 4.79 Å². The molecule has 156 valence electrons. The Balaban J connectivity index is 2.22. The van der Waals surface area contributed by atoms with E-state index in [1.54, 1.807) is 30.5 Å². The van der Waals surface area contributed by atoms with Crippen LogP contribution >= 0.6 is 11.6 Å². The molecule has 0 fully saturated rings. The van der Waals surface area contributed by atoms with Crippen LogP contribution in [0.1, 0.15) is 16.7 Å². The molecule has 0 spiro atoms. The minimum Gasteiger partial charge on any atom is -0.438 e. The van der Waals surface area contributed by atoms with Gasteiger partial charge in [-0.1, -0.05) is 23.7 Å². The van der Waals surface area contributed by atoms with Crippen molar-refractivity contribution in [3.8, 4) is 17.7 Å². The molecular weight excluding hydrogens is 416 g/mol. The number of aryl methyl sites for hydroxylation is 2. The lowest BCUT2D eigenvalue weighted by molar-refractivity contribution is -0.116. The third-order valence-corrected chi connectivity index (χ3v) is 4.88. The summed E-state index contributed by atoms with van der Waals surface area (Å²) >= 11 is 6.08. The van der Waals surface area contributed by atoms with Crippen molar-refractivity contribution >= 4 is 29.2 Å². The third-order valence-electron chi connectivity index (χ3n) is 4.45. The van der Waals surface area contributed by atoms with E-state index >= 15 is 0 Å². The summed E-state index contributed by atoms with van der Waals surface area (Å²) in [6.45, 7) is 7.34. The van der Waals surface area contributed by atoms with Crippen molar-refractivity contribution in [1.82, 2.24) is 14.7 Å². The molecule has 31 heavy (non-hydrogen) atoms. The number of fused-ring (bicyclic) bond motifs is 1. The molecule has 0 aliphatic carbocycles. The maximum Gasteiger partial charge on any atom is 0.269 e. The minimum absolute atomic E-state index is 0.0229. The van der Waals surface area contributed by atoms with Crippen LogP contribution in [0.5, 0.6) is 11.6 Å². The van der Waals surface area contributed by atoms with E-state index < -0.39 is 11.5 Å². The van der Waals surface area contributed by atoms with Gasteiger partial charge in [0, 0.05) is 17.8 Å². The van der Waals surface area contributed by atoms with E-state index in [4.69, 9.17) is 16.3 Å². The van der Waals surface area contributed by atoms with Gasteiger partial charge in [-0.2, -0.15) is 10.2 Å². The number of amides is 1. The predicted molar refractivity (Wildman–Crippen MR) is 119 cm³/mol. The van der Waals surface area contributed by atoms with Crippen molar-refractivity contribution in [2.45, 2.75) is 13.8 Å². The number of aromatic nitrogens is 2. The molecule has 0 aliphatic heterocycles. The average molecular weight is 435 g/mol. The number of pyridine rings is 1. The fraction of sp³-hybridized carbons (Fsp3) is 0.130. The highest BCUT2D eigenvalue weighted by Crippen LogP contribution is 2.27. The summed E-state index contributed by atoms with van der Waals surface area (Å²) in [6, 6.07) is 10.4. The largest absolute Gasteiger partial charge is 0.438 e. The molecule has 0 aliphatic rings. The molecule has 2 heterocycles. The summed E-state index contributed by atoms with van der Waals surface area (Å²) in [4.78, 5) is 30.0. The normalized spacial score (nSPS) is 11.1. The zero-order valence-electron chi connectivity index (χ0n) is 17.0. The number of nitriles is 1. The number of nitrogens with one attached hydrogen (secondary N) is 1. The highest BCUT2D eigenvalue weighted by Gasteiger charge is 2.18. The molecular formula is C23H19ClN4O3. The van der Waals surface area contributed by atoms with E-state index in [1.165, 1.54) is 16.6 Å². The SMILES string of the molecule is C=CCNC(=O)/C(C#N)=C/c1c(Oc2ccc(Cl)c(C)c2)nc2c(C)cccn2c1=O. The predicted octanol–water partition coefficient (Wildman–Crippen LogP) is 3.97. The molecule has 1 amide bonds. The number of hydrogen-bond acceptors (Lipinski definition) is 5. The van der Waals surface area contributed by atoms with Crippen LogP contribution < -0.4 is 15.6 Å². The summed E-state index contributed by atoms with van der Waals surface area (Å²) < 4.78 is 7.26. The Kier molecular flexibility index (Phi) is 6.53. The standard InChI is InChI=1S/C23H19ClN4O3/c1-4-9-26-21(29)16(13-25)12-18-22(31-17-7-8-19(24)15(3)11-17)27-20-14(2)6-5-10-28(20)23(18)30/h4-8,10-12H,1,9H2,2-3H3,(H,26,29)/b16-12+. The molecule has 0 bridgehead atoms. The van der Waals surface area contributed by atoms with Gasteiger partial charge in [-0.25, -0.2) is 0 Å². The third kappa shape index (κ3) is 4.65. The molecule has 0 saturated carbocycles. The van der Waals surface area contributed by atoms with E-state index in [9.17, 15) is 14.9 Å². The Morgan fingerprint density at radius 3 is 2.81 bits per heavy atom. The Morgan fingerprint density at radius 1 is 1.35 bits per heavy atom. The second kappa shape index (κ2) is 9.28. The molecule has 7 nitrogen and oxygen atoms in total. The summed E-state index contributed by atoms with van der Waals surface area (Å²) in [6.07, 6.45) is 4.23. The second-order valence-corrected chi connectivity index (χ2v) is 7.11. The second-order valence-electron chi connectivity index (χ2n) is 6.70. The molecule has 3 rings (SSSR count). The Hall–Kier alpha value is -3.89. The molecule has 0 saturated heterocycles. The topological polar surface area (TPSA) is 96.5 Å². The van der Waals surface area contributed by atoms with Crippen LogP contribution in [0.15, 0.2) is 59.6 Å². The number of hydrogen-bond donors (Lipinski definition) is 1. The number of carbonyl (C=O) groups is 1. The first-order chi connectivity index (χ1) is 14.8. The van der Waals surface area contributed by atoms with Crippen LogP contribution in [0.4, 0.5) is 0 Å². The van der Waals surface area contributed by atoms with Crippen LogP contribution in [-0.4, -0.2) is 21.8 Å². The fourth-order valence-electron chi connectivity index (χ4n) is 2.84. The number of benzene rings is 1. The van der Waals surface area contributed by atoms with Gasteiger partial charge < -0.3 is 10.1 Å². The van der Waals surface area contributed by atoms with Gasteiger partial charge >= 0.3 is 0 Å². The van der Waals surface area contributed by atoms with Crippen molar-refractivity contribution in [1.29, 1.82) is 5.26 Å². The van der Waals surface area contributed by atoms with Gasteiger partial charge in [0.1, 0.15) is 28.6 Å². The first-order valence-electron chi connectivity index (χ1n) is 9.32. The number of ether oxygens (including phenoxy) is 1. The summed E-state index contributed by atoms with van der Waals surface area (Å²) in [5.41, 5.74) is 1.19. The smallest absolute Gasteiger partial charge is 0.269 e. The van der Waals surface area contributed by atoms with E-state index in [0.717, 1.165) is 11.1 Å². The van der Waals surface area contributed by atoms with Gasteiger partial charge in [-0.3, -0.25) is 14.0 Å². The summed E-state index contributed by atoms with van der Waals surface area (Å²) in [7, 11) is 0. The fourth-order valence-corrected chi connectivity index (χ4v) is 2.96. The van der Waals surface area contributed by atoms with Gasteiger partial charge in [-0.15, -0.1) is 6.58 Å². The quantitative estimate of drug-likeness (QED) is 0.360. The number of nitrogens with zero attached hydrogens (tertiary/aromatic N) is 3. The first-order valence-corrected chi connectivity index (χ1v) is 9.70. The van der Waals surface area contributed by atoms with E-state index in [0.29, 0.717) is 16.4 Å². The van der Waals surface area contributed by atoms with Gasteiger partial charge in [0.2, 0.25) is 5.88 Å². The lowest BCUT2D eigenvalue weighted by Crippen LogP contribution is -2.25. The summed E-state index contributed by atoms with van der Waals surface area (Å²) in [5.74, 6) is -0.245. The molecule has 3 aromatic rings. The molecule has 0 atom stereocenters. The van der Waals surface area contributed by atoms with E-state index in [1.807, 2.05) is 26.0 Å². The maximum absolute atomic E-state index is 13.2. The lowest BCUT2D eigenvalue weighted by Gasteiger charge is -2.12. The average Bonchev–Trinajstić information content (AvgIpc) is 2.75. The zero-order valence-corrected chi connectivity index (χ0v) is 17.7. The molecule has 0 unspecified atom stereocenters. The van der Waals surface area contributed by atoms with Crippen LogP contribution in [0, 0.1) is 25.2 Å². The van der Waals surface area contributed by atoms with Crippen molar-refractivity contribution < 1.29 is 9.53 Å². The molecule has 8 heteroatoms. The Bertz CT molecular complexity index is 1320. The monoisotopic (exact) mass is 434 g/mol. The summed E-state index contributed by atoms with van der Waals surface area (Å²) in [5, 5.41) is 12.6. The number of carbonyl (C=O) groups excluding carboxylic acids is 1. The number of rotatable bonds is 6. The molecule has 2 aromatic heterocycles. The van der Waals surface area contributed by atoms with Crippen LogP contribution in [0.25, 0.3) is 11.7 Å². The van der Waals surface area contributed by atoms with Gasteiger partial charge in [0.05, 0.1) is 0 Å². The minimum atomic E-state index is -0.635. The molecule has 0 radical (unpaired) electrons. The van der Waals surface area contributed by atoms with E-state index in [-0.39, 0.29) is 23.6 Å². The zero-order chi connectivity index (χ0) is 22.5. The first kappa shape index (κ1) is 21.8. The molecule has 1 aromatic carbocycles. The lowest BCUT2D eigenvalue weighted by atomic mass is 10.1. The van der Waals surface area contributed by atoms with Gasteiger partial charge in [0.25, 0.3) is 11.5 Å². The van der Waals surface area contributed by atoms with Crippen molar-refractivity contribution in [2.24, 2.45) is 0 Å². The van der Waals surface area contributed by atoms with Crippen molar-refractivity contribution in [3.63, 3.8) is 0 Å². The highest BCUT2D eigenvalue weighted by molar-refractivity contribution is 6.31. The van der Waals surface area contributed by atoms with Crippen LogP contribution in [0.3, 0.4) is 0 Å². The van der Waals surface area contributed by atoms with Gasteiger partial charge in [-0.05, 0) is 55.3 Å². The van der Waals surface area contributed by atoms with Crippen molar-refractivity contribution in [2.75, 3.05) is 6.54 Å². The van der Waals surface area contributed by atoms with E-state index in [2.05, 4.69) is 16.9 Å². The van der Waals surface area contributed by atoms with Crippen LogP contribution in [0.2, 0.25) is 5.02 Å². The van der Waals surface area contributed by atoms with Gasteiger partial charge in [0.15, 0.2) is 0 Å². The van der Waals surface area contributed by atoms with Crippen molar-refractivity contribution in [3.05, 3.63) is 86.8 Å². The Morgan fingerprint density at radius 2 is 2.13 bits per heavy atom. The number of halogens is 1. The highest BCUT2D eigenvalue weighted by atomic mass is 35.5. The Labute approximate surface area is 183 Å².